The summed E-state index contributed by atoms with van der Waals surface area (Å²) < 4.78 is 14.0. The van der Waals surface area contributed by atoms with Crippen LogP contribution in [-0.4, -0.2) is 5.11 Å². The van der Waals surface area contributed by atoms with E-state index in [1.807, 2.05) is 6.07 Å². The molecule has 0 saturated heterocycles. The molecule has 0 radical (unpaired) electrons. The highest BCUT2D eigenvalue weighted by molar-refractivity contribution is 7.19. The summed E-state index contributed by atoms with van der Waals surface area (Å²) in [5.74, 6) is 0.229. The van der Waals surface area contributed by atoms with Gasteiger partial charge in [-0.15, -0.1) is 11.3 Å². The minimum Gasteiger partial charge on any atom is -0.388 e. The molecule has 0 fully saturated rings. The van der Waals surface area contributed by atoms with Gasteiger partial charge in [-0.3, -0.25) is 0 Å². The third-order valence-electron chi connectivity index (χ3n) is 2.52. The Hall–Kier alpha value is -0.930. The van der Waals surface area contributed by atoms with E-state index in [9.17, 15) is 9.50 Å². The summed E-state index contributed by atoms with van der Waals surface area (Å²) in [5, 5.41) is 10.9. The van der Waals surface area contributed by atoms with Crippen molar-refractivity contribution in [1.82, 2.24) is 0 Å². The summed E-state index contributed by atoms with van der Waals surface area (Å²) in [5.41, 5.74) is 0. The van der Waals surface area contributed by atoms with Crippen molar-refractivity contribution in [3.8, 4) is 0 Å². The lowest BCUT2D eigenvalue weighted by atomic mass is 10.0. The molecule has 0 saturated carbocycles. The van der Waals surface area contributed by atoms with Gasteiger partial charge in [-0.25, -0.2) is 4.39 Å². The topological polar surface area (TPSA) is 20.2 Å². The first kappa shape index (κ1) is 11.6. The lowest BCUT2D eigenvalue weighted by molar-refractivity contribution is 0.154. The minimum atomic E-state index is -0.430. The van der Waals surface area contributed by atoms with Crippen LogP contribution in [0.1, 0.15) is 31.2 Å². The first-order valence-corrected chi connectivity index (χ1v) is 6.25. The third kappa shape index (κ3) is 2.42. The molecule has 3 heteroatoms. The maximum atomic E-state index is 13.0. The van der Waals surface area contributed by atoms with Crippen LogP contribution < -0.4 is 0 Å². The van der Waals surface area contributed by atoms with Crippen molar-refractivity contribution in [1.29, 1.82) is 0 Å². The molecule has 1 N–H and O–H groups in total. The van der Waals surface area contributed by atoms with Crippen LogP contribution in [0.4, 0.5) is 4.39 Å². The van der Waals surface area contributed by atoms with Gasteiger partial charge in [-0.2, -0.15) is 0 Å². The zero-order chi connectivity index (χ0) is 11.7. The Bertz CT molecular complexity index is 490. The Morgan fingerprint density at radius 2 is 2.06 bits per heavy atom. The summed E-state index contributed by atoms with van der Waals surface area (Å²) in [6.07, 6.45) is 0.315. The van der Waals surface area contributed by atoms with Gasteiger partial charge in [0.25, 0.3) is 0 Å². The molecule has 0 amide bonds. The van der Waals surface area contributed by atoms with E-state index in [0.29, 0.717) is 5.92 Å². The van der Waals surface area contributed by atoms with E-state index in [1.165, 1.54) is 23.5 Å². The van der Waals surface area contributed by atoms with Gasteiger partial charge in [0, 0.05) is 9.58 Å². The molecule has 0 aliphatic heterocycles. The fourth-order valence-electron chi connectivity index (χ4n) is 1.76. The predicted molar refractivity (Wildman–Crippen MR) is 66.2 cm³/mol. The van der Waals surface area contributed by atoms with Gasteiger partial charge in [0.1, 0.15) is 5.82 Å². The SMILES string of the molecule is CC(C)CC(O)c1cc2cc(F)ccc2s1. The van der Waals surface area contributed by atoms with Crippen molar-refractivity contribution in [2.75, 3.05) is 0 Å². The van der Waals surface area contributed by atoms with E-state index < -0.39 is 6.10 Å². The number of benzene rings is 1. The molecule has 0 spiro atoms. The molecule has 1 aromatic carbocycles. The first-order valence-electron chi connectivity index (χ1n) is 5.43. The largest absolute Gasteiger partial charge is 0.388 e. The molecule has 86 valence electrons. The maximum Gasteiger partial charge on any atom is 0.123 e. The van der Waals surface area contributed by atoms with Crippen molar-refractivity contribution >= 4 is 21.4 Å². The highest BCUT2D eigenvalue weighted by Gasteiger charge is 2.13. The van der Waals surface area contributed by atoms with Gasteiger partial charge >= 0.3 is 0 Å². The fourth-order valence-corrected chi connectivity index (χ4v) is 2.81. The number of rotatable bonds is 3. The molecule has 1 aromatic heterocycles. The summed E-state index contributed by atoms with van der Waals surface area (Å²) in [6.45, 7) is 4.16. The molecule has 2 rings (SSSR count). The molecule has 2 aromatic rings. The van der Waals surface area contributed by atoms with Crippen molar-refractivity contribution in [3.63, 3.8) is 0 Å². The molecule has 1 heterocycles. The Kier molecular flexibility index (Phi) is 3.26. The molecule has 0 aliphatic carbocycles. The first-order chi connectivity index (χ1) is 7.56. The fraction of sp³-hybridized carbons (Fsp3) is 0.385. The molecule has 0 aliphatic rings. The van der Waals surface area contributed by atoms with Crippen molar-refractivity contribution in [3.05, 3.63) is 35.0 Å². The lowest BCUT2D eigenvalue weighted by Gasteiger charge is -2.10. The quantitative estimate of drug-likeness (QED) is 0.852. The van der Waals surface area contributed by atoms with Crippen LogP contribution in [0.5, 0.6) is 0 Å². The molecular formula is C13H15FOS. The number of aliphatic hydroxyl groups is 1. The van der Waals surface area contributed by atoms with Crippen LogP contribution in [0, 0.1) is 11.7 Å². The zero-order valence-corrected chi connectivity index (χ0v) is 10.2. The van der Waals surface area contributed by atoms with Crippen LogP contribution in [0.25, 0.3) is 10.1 Å². The van der Waals surface area contributed by atoms with E-state index in [4.69, 9.17) is 0 Å². The standard InChI is InChI=1S/C13H15FOS/c1-8(2)5-11(15)13-7-9-6-10(14)3-4-12(9)16-13/h3-4,6-8,11,15H,5H2,1-2H3. The van der Waals surface area contributed by atoms with Crippen LogP contribution in [0.2, 0.25) is 0 Å². The number of hydrogen-bond donors (Lipinski definition) is 1. The van der Waals surface area contributed by atoms with E-state index in [1.54, 1.807) is 6.07 Å². The normalized spacial score (nSPS) is 13.6. The van der Waals surface area contributed by atoms with E-state index in [-0.39, 0.29) is 5.82 Å². The Labute approximate surface area is 98.5 Å². The molecule has 16 heavy (non-hydrogen) atoms. The average molecular weight is 238 g/mol. The number of fused-ring (bicyclic) bond motifs is 1. The summed E-state index contributed by atoms with van der Waals surface area (Å²) in [6, 6.07) is 6.62. The highest BCUT2D eigenvalue weighted by atomic mass is 32.1. The van der Waals surface area contributed by atoms with Gasteiger partial charge in [0.2, 0.25) is 0 Å². The van der Waals surface area contributed by atoms with Crippen LogP contribution in [-0.2, 0) is 0 Å². The second kappa shape index (κ2) is 4.52. The minimum absolute atomic E-state index is 0.227. The smallest absolute Gasteiger partial charge is 0.123 e. The molecular weight excluding hydrogens is 223 g/mol. The second-order valence-corrected chi connectivity index (χ2v) is 5.59. The van der Waals surface area contributed by atoms with Crippen molar-refractivity contribution < 1.29 is 9.50 Å². The summed E-state index contributed by atoms with van der Waals surface area (Å²) in [7, 11) is 0. The van der Waals surface area contributed by atoms with Crippen LogP contribution in [0.3, 0.4) is 0 Å². The summed E-state index contributed by atoms with van der Waals surface area (Å²) in [4.78, 5) is 0.925. The van der Waals surface area contributed by atoms with E-state index >= 15 is 0 Å². The van der Waals surface area contributed by atoms with E-state index in [2.05, 4.69) is 13.8 Å². The lowest BCUT2D eigenvalue weighted by Crippen LogP contribution is -1.99. The number of thiophene rings is 1. The van der Waals surface area contributed by atoms with Crippen molar-refractivity contribution in [2.24, 2.45) is 5.92 Å². The third-order valence-corrected chi connectivity index (χ3v) is 3.74. The second-order valence-electron chi connectivity index (χ2n) is 4.48. The monoisotopic (exact) mass is 238 g/mol. The average Bonchev–Trinajstić information content (AvgIpc) is 2.59. The Morgan fingerprint density at radius 1 is 1.31 bits per heavy atom. The molecule has 1 nitrogen and oxygen atoms in total. The Balaban J connectivity index is 2.32. The highest BCUT2D eigenvalue weighted by Crippen LogP contribution is 2.32. The predicted octanol–water partition coefficient (Wildman–Crippen LogP) is 4.12. The Morgan fingerprint density at radius 3 is 2.75 bits per heavy atom. The van der Waals surface area contributed by atoms with E-state index in [0.717, 1.165) is 21.4 Å². The van der Waals surface area contributed by atoms with Gasteiger partial charge in [0.05, 0.1) is 6.10 Å². The van der Waals surface area contributed by atoms with Crippen LogP contribution >= 0.6 is 11.3 Å². The van der Waals surface area contributed by atoms with Gasteiger partial charge in [0.15, 0.2) is 0 Å². The number of hydrogen-bond acceptors (Lipinski definition) is 2. The van der Waals surface area contributed by atoms with Gasteiger partial charge in [-0.1, -0.05) is 13.8 Å². The zero-order valence-electron chi connectivity index (χ0n) is 9.40. The van der Waals surface area contributed by atoms with Gasteiger partial charge < -0.3 is 5.11 Å². The molecule has 0 bridgehead atoms. The molecule has 1 unspecified atom stereocenters. The summed E-state index contributed by atoms with van der Waals surface area (Å²) >= 11 is 1.54. The van der Waals surface area contributed by atoms with Crippen molar-refractivity contribution in [2.45, 2.75) is 26.4 Å². The van der Waals surface area contributed by atoms with Gasteiger partial charge in [-0.05, 0) is 42.0 Å². The maximum absolute atomic E-state index is 13.0. The molecule has 1 atom stereocenters. The van der Waals surface area contributed by atoms with Crippen LogP contribution in [0.15, 0.2) is 24.3 Å². The number of aliphatic hydroxyl groups excluding tert-OH is 1. The number of halogens is 1.